The van der Waals surface area contributed by atoms with Crippen molar-refractivity contribution in [3.63, 3.8) is 0 Å². The van der Waals surface area contributed by atoms with E-state index in [4.69, 9.17) is 4.74 Å². The lowest BCUT2D eigenvalue weighted by atomic mass is 9.89. The number of amides is 3. The summed E-state index contributed by atoms with van der Waals surface area (Å²) in [4.78, 5) is 39.4. The van der Waals surface area contributed by atoms with Crippen molar-refractivity contribution < 1.29 is 19.1 Å². The molecule has 2 aliphatic rings. The average molecular weight is 421 g/mol. The molecule has 1 saturated heterocycles. The Hall–Kier alpha value is -3.15. The maximum absolute atomic E-state index is 13.0. The lowest BCUT2D eigenvalue weighted by molar-refractivity contribution is -0.130. The third kappa shape index (κ3) is 4.33. The summed E-state index contributed by atoms with van der Waals surface area (Å²) in [7, 11) is 1.61. The Morgan fingerprint density at radius 3 is 2.48 bits per heavy atom. The monoisotopic (exact) mass is 420 g/mol. The Bertz CT molecular complexity index is 1010. The molecule has 3 amide bonds. The van der Waals surface area contributed by atoms with Gasteiger partial charge in [0.1, 0.15) is 11.3 Å². The summed E-state index contributed by atoms with van der Waals surface area (Å²) in [5.41, 5.74) is 3.09. The number of carbonyl (C=O) groups excluding carboxylic acids is 3. The highest BCUT2D eigenvalue weighted by Gasteiger charge is 2.47. The van der Waals surface area contributed by atoms with Gasteiger partial charge in [0.2, 0.25) is 0 Å². The van der Waals surface area contributed by atoms with Crippen LogP contribution >= 0.6 is 0 Å². The highest BCUT2D eigenvalue weighted by atomic mass is 16.5. The number of rotatable bonds is 7. The number of Topliss-reactive ketones (excluding diaryl/α,β-unsaturated/α-hetero) is 1. The van der Waals surface area contributed by atoms with Crippen molar-refractivity contribution in [2.75, 3.05) is 13.7 Å². The first-order chi connectivity index (χ1) is 14.9. The molecular weight excluding hydrogens is 392 g/mol. The van der Waals surface area contributed by atoms with Gasteiger partial charge in [-0.3, -0.25) is 14.5 Å². The summed E-state index contributed by atoms with van der Waals surface area (Å²) < 4.78 is 5.17. The number of benzene rings is 2. The molecule has 0 saturated carbocycles. The smallest absolute Gasteiger partial charge is 0.325 e. The first kappa shape index (κ1) is 21.1. The van der Waals surface area contributed by atoms with Crippen LogP contribution in [0.2, 0.25) is 0 Å². The second-order valence-corrected chi connectivity index (χ2v) is 8.62. The summed E-state index contributed by atoms with van der Waals surface area (Å²) >= 11 is 0. The summed E-state index contributed by atoms with van der Waals surface area (Å²) in [6, 6.07) is 12.9. The van der Waals surface area contributed by atoms with Crippen LogP contribution in [0.4, 0.5) is 4.79 Å². The second kappa shape index (κ2) is 8.53. The fourth-order valence-electron chi connectivity index (χ4n) is 4.39. The van der Waals surface area contributed by atoms with Gasteiger partial charge >= 0.3 is 6.03 Å². The lowest BCUT2D eigenvalue weighted by Crippen LogP contribution is -2.44. The molecule has 1 aliphatic heterocycles. The van der Waals surface area contributed by atoms with E-state index in [1.54, 1.807) is 14.0 Å². The van der Waals surface area contributed by atoms with Gasteiger partial charge in [0, 0.05) is 5.56 Å². The number of carbonyl (C=O) groups is 3. The zero-order valence-electron chi connectivity index (χ0n) is 18.1. The van der Waals surface area contributed by atoms with Crippen LogP contribution < -0.4 is 10.1 Å². The molecule has 31 heavy (non-hydrogen) atoms. The molecule has 0 spiro atoms. The van der Waals surface area contributed by atoms with Crippen LogP contribution in [-0.4, -0.2) is 41.8 Å². The molecule has 2 aromatic rings. The Balaban J connectivity index is 1.41. The van der Waals surface area contributed by atoms with Gasteiger partial charge in [-0.05, 0) is 80.3 Å². The third-order valence-electron chi connectivity index (χ3n) is 6.39. The van der Waals surface area contributed by atoms with Crippen LogP contribution in [0.3, 0.4) is 0 Å². The molecular formula is C25H28N2O4. The van der Waals surface area contributed by atoms with E-state index < -0.39 is 11.6 Å². The van der Waals surface area contributed by atoms with Gasteiger partial charge in [0.25, 0.3) is 5.91 Å². The number of ketones is 1. The Kier molecular flexibility index (Phi) is 5.81. The maximum atomic E-state index is 13.0. The number of fused-ring (bicyclic) bond motifs is 1. The standard InChI is InChI=1S/C25H28N2O4/c1-25(14-13-17-7-11-21(31-2)12-8-17)23(29)27(24(30)26-25)16-22(28)20-10-9-18-5-3-4-6-19(18)15-20/h7-12,15H,3-6,13-14,16H2,1-2H3,(H,26,30)/t25-/m0/s1. The molecule has 0 bridgehead atoms. The predicted molar refractivity (Wildman–Crippen MR) is 117 cm³/mol. The van der Waals surface area contributed by atoms with Gasteiger partial charge in [0.05, 0.1) is 13.7 Å². The lowest BCUT2D eigenvalue weighted by Gasteiger charge is -2.21. The minimum atomic E-state index is -1.02. The minimum absolute atomic E-state index is 0.212. The van der Waals surface area contributed by atoms with Crippen LogP contribution in [0.15, 0.2) is 42.5 Å². The molecule has 0 aromatic heterocycles. The highest BCUT2D eigenvalue weighted by molar-refractivity contribution is 6.11. The molecule has 2 aromatic carbocycles. The van der Waals surface area contributed by atoms with E-state index in [0.29, 0.717) is 18.4 Å². The van der Waals surface area contributed by atoms with E-state index in [0.717, 1.165) is 35.5 Å². The van der Waals surface area contributed by atoms with Crippen molar-refractivity contribution in [1.29, 1.82) is 0 Å². The molecule has 1 N–H and O–H groups in total. The van der Waals surface area contributed by atoms with Gasteiger partial charge in [-0.25, -0.2) is 4.79 Å². The number of aryl methyl sites for hydroxylation is 3. The molecule has 1 heterocycles. The highest BCUT2D eigenvalue weighted by Crippen LogP contribution is 2.26. The number of hydrogen-bond acceptors (Lipinski definition) is 4. The predicted octanol–water partition coefficient (Wildman–Crippen LogP) is 3.70. The molecule has 1 fully saturated rings. The van der Waals surface area contributed by atoms with Crippen LogP contribution in [-0.2, 0) is 24.1 Å². The van der Waals surface area contributed by atoms with Gasteiger partial charge < -0.3 is 10.1 Å². The van der Waals surface area contributed by atoms with E-state index in [1.165, 1.54) is 17.5 Å². The van der Waals surface area contributed by atoms with Gasteiger partial charge in [-0.15, -0.1) is 0 Å². The van der Waals surface area contributed by atoms with Crippen molar-refractivity contribution >= 4 is 17.7 Å². The van der Waals surface area contributed by atoms with Gasteiger partial charge in [-0.2, -0.15) is 0 Å². The zero-order valence-corrected chi connectivity index (χ0v) is 18.1. The summed E-state index contributed by atoms with van der Waals surface area (Å²) in [5, 5.41) is 2.79. The van der Waals surface area contributed by atoms with Crippen molar-refractivity contribution in [2.45, 2.75) is 51.0 Å². The van der Waals surface area contributed by atoms with Crippen molar-refractivity contribution in [3.05, 3.63) is 64.7 Å². The fraction of sp³-hybridized carbons (Fsp3) is 0.400. The first-order valence-electron chi connectivity index (χ1n) is 10.8. The largest absolute Gasteiger partial charge is 0.497 e. The Morgan fingerprint density at radius 2 is 1.77 bits per heavy atom. The molecule has 6 heteroatoms. The van der Waals surface area contributed by atoms with E-state index in [-0.39, 0.29) is 18.2 Å². The quantitative estimate of drug-likeness (QED) is 0.547. The zero-order chi connectivity index (χ0) is 22.0. The van der Waals surface area contributed by atoms with Crippen molar-refractivity contribution in [1.82, 2.24) is 10.2 Å². The van der Waals surface area contributed by atoms with Crippen LogP contribution in [0, 0.1) is 0 Å². The Labute approximate surface area is 182 Å². The minimum Gasteiger partial charge on any atom is -0.497 e. The van der Waals surface area contributed by atoms with Crippen LogP contribution in [0.25, 0.3) is 0 Å². The third-order valence-corrected chi connectivity index (χ3v) is 6.39. The van der Waals surface area contributed by atoms with Gasteiger partial charge in [-0.1, -0.05) is 24.3 Å². The van der Waals surface area contributed by atoms with Gasteiger partial charge in [0.15, 0.2) is 5.78 Å². The summed E-state index contributed by atoms with van der Waals surface area (Å²) in [6.07, 6.45) is 5.40. The van der Waals surface area contributed by atoms with E-state index in [2.05, 4.69) is 5.32 Å². The molecule has 1 aliphatic carbocycles. The van der Waals surface area contributed by atoms with Crippen LogP contribution in [0.1, 0.15) is 53.2 Å². The molecule has 1 atom stereocenters. The number of ether oxygens (including phenoxy) is 1. The molecule has 0 unspecified atom stereocenters. The number of nitrogens with zero attached hydrogens (tertiary/aromatic N) is 1. The first-order valence-corrected chi connectivity index (χ1v) is 10.8. The molecule has 6 nitrogen and oxygen atoms in total. The van der Waals surface area contributed by atoms with E-state index in [9.17, 15) is 14.4 Å². The van der Waals surface area contributed by atoms with E-state index in [1.807, 2.05) is 42.5 Å². The number of imide groups is 1. The SMILES string of the molecule is COc1ccc(CC[C@]2(C)NC(=O)N(CC(=O)c3ccc4c(c3)CCCC4)C2=O)cc1. The molecule has 4 rings (SSSR count). The number of nitrogens with one attached hydrogen (secondary N) is 1. The number of urea groups is 1. The summed E-state index contributed by atoms with van der Waals surface area (Å²) in [5.74, 6) is 0.209. The number of methoxy groups -OCH3 is 1. The topological polar surface area (TPSA) is 75.7 Å². The average Bonchev–Trinajstić information content (AvgIpc) is 3.01. The summed E-state index contributed by atoms with van der Waals surface area (Å²) in [6.45, 7) is 1.49. The maximum Gasteiger partial charge on any atom is 0.325 e. The van der Waals surface area contributed by atoms with Crippen molar-refractivity contribution in [3.8, 4) is 5.75 Å². The normalized spacial score (nSPS) is 20.4. The van der Waals surface area contributed by atoms with E-state index >= 15 is 0 Å². The van der Waals surface area contributed by atoms with Crippen LogP contribution in [0.5, 0.6) is 5.75 Å². The fourth-order valence-corrected chi connectivity index (χ4v) is 4.39. The molecule has 0 radical (unpaired) electrons. The van der Waals surface area contributed by atoms with Crippen molar-refractivity contribution in [2.24, 2.45) is 0 Å². The Morgan fingerprint density at radius 1 is 1.06 bits per heavy atom. The second-order valence-electron chi connectivity index (χ2n) is 8.62. The molecule has 162 valence electrons. The number of hydrogen-bond donors (Lipinski definition) is 1.